The van der Waals surface area contributed by atoms with Crippen LogP contribution in [0.4, 0.5) is 0 Å². The zero-order valence-electron chi connectivity index (χ0n) is 19.1. The Morgan fingerprint density at radius 2 is 2.06 bits per heavy atom. The summed E-state index contributed by atoms with van der Waals surface area (Å²) >= 11 is 0. The second-order valence-corrected chi connectivity index (χ2v) is 8.43. The summed E-state index contributed by atoms with van der Waals surface area (Å²) in [6.45, 7) is 2.84. The van der Waals surface area contributed by atoms with E-state index in [2.05, 4.69) is 11.1 Å². The fourth-order valence-corrected chi connectivity index (χ4v) is 4.14. The number of nitriles is 1. The monoisotopic (exact) mass is 447 g/mol. The van der Waals surface area contributed by atoms with Crippen molar-refractivity contribution < 1.29 is 19.4 Å². The Morgan fingerprint density at radius 1 is 1.24 bits per heavy atom. The van der Waals surface area contributed by atoms with Crippen LogP contribution in [-0.2, 0) is 29.6 Å². The van der Waals surface area contributed by atoms with E-state index in [9.17, 15) is 9.59 Å². The number of Topliss-reactive ketones (excluding diaryl/α,β-unsaturated/α-hetero) is 1. The normalized spacial score (nSPS) is 11.9. The number of rotatable bonds is 12. The van der Waals surface area contributed by atoms with Gasteiger partial charge in [0.05, 0.1) is 30.0 Å². The van der Waals surface area contributed by atoms with Crippen molar-refractivity contribution in [3.63, 3.8) is 0 Å². The van der Waals surface area contributed by atoms with Gasteiger partial charge in [-0.15, -0.1) is 0 Å². The number of ketones is 1. The number of aromatic nitrogens is 2. The fraction of sp³-hybridized carbons (Fsp3) is 0.385. The maximum absolute atomic E-state index is 13.2. The van der Waals surface area contributed by atoms with E-state index in [0.29, 0.717) is 30.8 Å². The molecule has 0 unspecified atom stereocenters. The SMILES string of the molecule is C[C@H](CC(=O)O)CC(=O)c1c(CCCCOCc2cccc(C#N)c2)n(C)c2cnccc12. The summed E-state index contributed by atoms with van der Waals surface area (Å²) in [6.07, 6.45) is 6.01. The van der Waals surface area contributed by atoms with Crippen molar-refractivity contribution in [3.05, 3.63) is 65.1 Å². The van der Waals surface area contributed by atoms with Crippen molar-refractivity contribution in [1.29, 1.82) is 5.26 Å². The third kappa shape index (κ3) is 6.27. The summed E-state index contributed by atoms with van der Waals surface area (Å²) in [5.74, 6) is -1.14. The molecule has 1 atom stereocenters. The van der Waals surface area contributed by atoms with Gasteiger partial charge in [-0.25, -0.2) is 0 Å². The molecule has 0 aliphatic heterocycles. The highest BCUT2D eigenvalue weighted by Gasteiger charge is 2.23. The lowest BCUT2D eigenvalue weighted by molar-refractivity contribution is -0.137. The van der Waals surface area contributed by atoms with Crippen LogP contribution in [0.1, 0.15) is 59.8 Å². The van der Waals surface area contributed by atoms with Gasteiger partial charge in [0.15, 0.2) is 5.78 Å². The van der Waals surface area contributed by atoms with Gasteiger partial charge in [0, 0.05) is 49.3 Å². The number of hydrogen-bond donors (Lipinski definition) is 1. The lowest BCUT2D eigenvalue weighted by Gasteiger charge is -2.11. The van der Waals surface area contributed by atoms with Crippen LogP contribution in [0.5, 0.6) is 0 Å². The standard InChI is InChI=1S/C26H29N3O4/c1-18(13-25(31)32)12-24(30)26-21-9-10-28-16-23(21)29(2)22(26)8-3-4-11-33-17-20-7-5-6-19(14-20)15-27/h5-7,9-10,14,16,18H,3-4,8,11-13,17H2,1-2H3,(H,31,32)/t18-/m0/s1. The van der Waals surface area contributed by atoms with E-state index >= 15 is 0 Å². The van der Waals surface area contributed by atoms with Gasteiger partial charge in [0.1, 0.15) is 0 Å². The van der Waals surface area contributed by atoms with E-state index < -0.39 is 5.97 Å². The van der Waals surface area contributed by atoms with Crippen LogP contribution in [0, 0.1) is 17.2 Å². The van der Waals surface area contributed by atoms with E-state index in [1.165, 1.54) is 0 Å². The molecule has 0 aliphatic rings. The topological polar surface area (TPSA) is 105 Å². The molecular weight excluding hydrogens is 418 g/mol. The highest BCUT2D eigenvalue weighted by atomic mass is 16.5. The van der Waals surface area contributed by atoms with Gasteiger partial charge in [-0.05, 0) is 48.9 Å². The number of unbranched alkanes of at least 4 members (excludes halogenated alkanes) is 1. The quantitative estimate of drug-likeness (QED) is 0.320. The van der Waals surface area contributed by atoms with E-state index in [1.54, 1.807) is 25.4 Å². The minimum Gasteiger partial charge on any atom is -0.481 e. The number of aliphatic carboxylic acids is 1. The smallest absolute Gasteiger partial charge is 0.303 e. The van der Waals surface area contributed by atoms with Gasteiger partial charge in [0.25, 0.3) is 0 Å². The predicted octanol–water partition coefficient (Wildman–Crippen LogP) is 4.67. The molecule has 0 amide bonds. The first-order valence-electron chi connectivity index (χ1n) is 11.1. The number of ether oxygens (including phenoxy) is 1. The van der Waals surface area contributed by atoms with Gasteiger partial charge in [-0.2, -0.15) is 5.26 Å². The van der Waals surface area contributed by atoms with Gasteiger partial charge in [-0.1, -0.05) is 19.1 Å². The van der Waals surface area contributed by atoms with Crippen LogP contribution in [0.2, 0.25) is 0 Å². The molecule has 2 heterocycles. The molecule has 0 aliphatic carbocycles. The van der Waals surface area contributed by atoms with Gasteiger partial charge >= 0.3 is 5.97 Å². The first-order valence-corrected chi connectivity index (χ1v) is 11.1. The van der Waals surface area contributed by atoms with Crippen LogP contribution < -0.4 is 0 Å². The first-order chi connectivity index (χ1) is 15.9. The minimum atomic E-state index is -0.892. The molecule has 1 N–H and O–H groups in total. The number of fused-ring (bicyclic) bond motifs is 1. The predicted molar refractivity (Wildman–Crippen MR) is 125 cm³/mol. The maximum atomic E-state index is 13.2. The van der Waals surface area contributed by atoms with E-state index in [4.69, 9.17) is 15.1 Å². The number of aryl methyl sites for hydroxylation is 1. The van der Waals surface area contributed by atoms with Crippen LogP contribution in [0.15, 0.2) is 42.7 Å². The van der Waals surface area contributed by atoms with Crippen molar-refractivity contribution in [2.24, 2.45) is 13.0 Å². The third-order valence-electron chi connectivity index (χ3n) is 5.74. The molecule has 2 aromatic heterocycles. The number of benzene rings is 1. The molecular formula is C26H29N3O4. The van der Waals surface area contributed by atoms with Crippen molar-refractivity contribution in [2.45, 2.75) is 45.6 Å². The lowest BCUT2D eigenvalue weighted by Crippen LogP contribution is -2.12. The highest BCUT2D eigenvalue weighted by molar-refractivity contribution is 6.09. The summed E-state index contributed by atoms with van der Waals surface area (Å²) in [5, 5.41) is 18.9. The molecule has 1 aromatic carbocycles. The second-order valence-electron chi connectivity index (χ2n) is 8.43. The number of pyridine rings is 1. The fourth-order valence-electron chi connectivity index (χ4n) is 4.14. The molecule has 0 saturated carbocycles. The molecule has 7 nitrogen and oxygen atoms in total. The highest BCUT2D eigenvalue weighted by Crippen LogP contribution is 2.28. The van der Waals surface area contributed by atoms with E-state index in [-0.39, 0.29) is 24.5 Å². The van der Waals surface area contributed by atoms with Crippen molar-refractivity contribution >= 4 is 22.7 Å². The average molecular weight is 448 g/mol. The number of carbonyl (C=O) groups excluding carboxylic acids is 1. The zero-order valence-corrected chi connectivity index (χ0v) is 19.1. The Labute approximate surface area is 193 Å². The molecule has 33 heavy (non-hydrogen) atoms. The van der Waals surface area contributed by atoms with Crippen molar-refractivity contribution in [1.82, 2.24) is 9.55 Å². The largest absolute Gasteiger partial charge is 0.481 e. The van der Waals surface area contributed by atoms with Crippen molar-refractivity contribution in [2.75, 3.05) is 6.61 Å². The Hall–Kier alpha value is -3.50. The summed E-state index contributed by atoms with van der Waals surface area (Å²) in [5.41, 5.74) is 4.12. The van der Waals surface area contributed by atoms with Crippen molar-refractivity contribution in [3.8, 4) is 6.07 Å². The Kier molecular flexibility index (Phi) is 8.34. The Morgan fingerprint density at radius 3 is 2.82 bits per heavy atom. The number of carboxylic acid groups (broad SMARTS) is 1. The second kappa shape index (κ2) is 11.4. The van der Waals surface area contributed by atoms with Gasteiger partial charge < -0.3 is 14.4 Å². The Balaban J connectivity index is 1.63. The molecule has 0 radical (unpaired) electrons. The van der Waals surface area contributed by atoms with Crippen LogP contribution >= 0.6 is 0 Å². The summed E-state index contributed by atoms with van der Waals surface area (Å²) in [6, 6.07) is 11.4. The first kappa shape index (κ1) is 24.1. The molecule has 3 aromatic rings. The average Bonchev–Trinajstić information content (AvgIpc) is 3.07. The number of carbonyl (C=O) groups is 2. The lowest BCUT2D eigenvalue weighted by atomic mass is 9.94. The number of nitrogens with zero attached hydrogens (tertiary/aromatic N) is 3. The molecule has 7 heteroatoms. The molecule has 0 fully saturated rings. The van der Waals surface area contributed by atoms with Gasteiger partial charge in [0.2, 0.25) is 0 Å². The molecule has 3 rings (SSSR count). The van der Waals surface area contributed by atoms with Crippen LogP contribution in [0.3, 0.4) is 0 Å². The van der Waals surface area contributed by atoms with E-state index in [1.807, 2.05) is 35.9 Å². The molecule has 0 bridgehead atoms. The van der Waals surface area contributed by atoms with Crippen LogP contribution in [0.25, 0.3) is 10.9 Å². The Bertz CT molecular complexity index is 1180. The van der Waals surface area contributed by atoms with E-state index in [0.717, 1.165) is 35.0 Å². The molecule has 172 valence electrons. The minimum absolute atomic E-state index is 0.0239. The molecule has 0 spiro atoms. The molecule has 0 saturated heterocycles. The summed E-state index contributed by atoms with van der Waals surface area (Å²) < 4.78 is 7.78. The van der Waals surface area contributed by atoms with Gasteiger partial charge in [-0.3, -0.25) is 14.6 Å². The summed E-state index contributed by atoms with van der Waals surface area (Å²) in [4.78, 5) is 28.4. The zero-order chi connectivity index (χ0) is 23.8. The summed E-state index contributed by atoms with van der Waals surface area (Å²) in [7, 11) is 1.94. The number of carboxylic acids is 1. The van der Waals surface area contributed by atoms with Crippen LogP contribution in [-0.4, -0.2) is 33.0 Å². The maximum Gasteiger partial charge on any atom is 0.303 e. The number of hydrogen-bond acceptors (Lipinski definition) is 5. The third-order valence-corrected chi connectivity index (χ3v) is 5.74.